The molecule has 1 saturated carbocycles. The van der Waals surface area contributed by atoms with E-state index in [0.717, 1.165) is 31.9 Å². The van der Waals surface area contributed by atoms with Gasteiger partial charge in [0.25, 0.3) is 0 Å². The van der Waals surface area contributed by atoms with Crippen LogP contribution in [0, 0.1) is 5.92 Å². The van der Waals surface area contributed by atoms with Crippen LogP contribution in [0.4, 0.5) is 0 Å². The van der Waals surface area contributed by atoms with Crippen molar-refractivity contribution in [3.63, 3.8) is 0 Å². The van der Waals surface area contributed by atoms with Gasteiger partial charge in [0.1, 0.15) is 0 Å². The molecule has 0 aromatic carbocycles. The first-order valence-electron chi connectivity index (χ1n) is 6.27. The third-order valence-corrected chi connectivity index (χ3v) is 3.40. The van der Waals surface area contributed by atoms with E-state index in [1.54, 1.807) is 0 Å². The van der Waals surface area contributed by atoms with E-state index in [0.29, 0.717) is 13.2 Å². The van der Waals surface area contributed by atoms with E-state index in [2.05, 4.69) is 17.6 Å². The molecule has 0 spiro atoms. The fourth-order valence-corrected chi connectivity index (χ4v) is 2.01. The lowest BCUT2D eigenvalue weighted by Crippen LogP contribution is -2.52. The van der Waals surface area contributed by atoms with E-state index >= 15 is 0 Å². The molecule has 1 atom stereocenters. The molecule has 16 heavy (non-hydrogen) atoms. The van der Waals surface area contributed by atoms with Gasteiger partial charge >= 0.3 is 0 Å². The fraction of sp³-hybridized carbons (Fsp3) is 0.917. The normalized spacial score (nSPS) is 30.1. The lowest BCUT2D eigenvalue weighted by molar-refractivity contribution is -0.121. The predicted molar refractivity (Wildman–Crippen MR) is 62.2 cm³/mol. The van der Waals surface area contributed by atoms with Crippen LogP contribution >= 0.6 is 0 Å². The Balaban J connectivity index is 1.62. The summed E-state index contributed by atoms with van der Waals surface area (Å²) in [5, 5.41) is 6.26. The molecule has 4 heteroatoms. The molecule has 0 aromatic heterocycles. The number of ether oxygens (including phenoxy) is 1. The summed E-state index contributed by atoms with van der Waals surface area (Å²) in [4.78, 5) is 11.5. The van der Waals surface area contributed by atoms with Gasteiger partial charge in [0.15, 0.2) is 0 Å². The molecule has 0 radical (unpaired) electrons. The Morgan fingerprint density at radius 3 is 2.94 bits per heavy atom. The topological polar surface area (TPSA) is 50.4 Å². The Hall–Kier alpha value is -0.610. The van der Waals surface area contributed by atoms with Gasteiger partial charge in [-0.05, 0) is 38.5 Å². The van der Waals surface area contributed by atoms with Gasteiger partial charge in [-0.3, -0.25) is 4.79 Å². The fourth-order valence-electron chi connectivity index (χ4n) is 2.01. The van der Waals surface area contributed by atoms with Crippen molar-refractivity contribution in [2.24, 2.45) is 5.92 Å². The average Bonchev–Trinajstić information content (AvgIpc) is 3.09. The summed E-state index contributed by atoms with van der Waals surface area (Å²) in [6, 6.07) is 0. The molecule has 2 aliphatic rings. The lowest BCUT2D eigenvalue weighted by Gasteiger charge is -2.34. The molecular weight excluding hydrogens is 204 g/mol. The molecule has 4 nitrogen and oxygen atoms in total. The number of hydrogen-bond acceptors (Lipinski definition) is 3. The van der Waals surface area contributed by atoms with Gasteiger partial charge in [0.2, 0.25) is 5.91 Å². The van der Waals surface area contributed by atoms with Crippen LogP contribution in [0.2, 0.25) is 0 Å². The molecule has 1 saturated heterocycles. The molecule has 1 aliphatic carbocycles. The van der Waals surface area contributed by atoms with Gasteiger partial charge < -0.3 is 15.4 Å². The van der Waals surface area contributed by atoms with Crippen molar-refractivity contribution < 1.29 is 9.53 Å². The summed E-state index contributed by atoms with van der Waals surface area (Å²) in [7, 11) is 0. The second-order valence-electron chi connectivity index (χ2n) is 5.32. The minimum absolute atomic E-state index is 0.0187. The standard InChI is InChI=1S/C12H22N2O2/c1-12(5-2-6-16-9-12)14-8-11(15)13-7-10-3-4-10/h10,14H,2-9H2,1H3,(H,13,15). The van der Waals surface area contributed by atoms with Gasteiger partial charge in [-0.1, -0.05) is 0 Å². The molecular formula is C12H22N2O2. The van der Waals surface area contributed by atoms with E-state index in [9.17, 15) is 4.79 Å². The molecule has 1 amide bonds. The zero-order valence-electron chi connectivity index (χ0n) is 10.1. The molecule has 0 bridgehead atoms. The zero-order chi connectivity index (χ0) is 11.4. The lowest BCUT2D eigenvalue weighted by atomic mass is 9.95. The van der Waals surface area contributed by atoms with Crippen LogP contribution in [-0.2, 0) is 9.53 Å². The summed E-state index contributed by atoms with van der Waals surface area (Å²) in [5.41, 5.74) is -0.0187. The highest BCUT2D eigenvalue weighted by Gasteiger charge is 2.27. The first kappa shape index (κ1) is 11.9. The first-order chi connectivity index (χ1) is 7.68. The van der Waals surface area contributed by atoms with Gasteiger partial charge in [-0.2, -0.15) is 0 Å². The van der Waals surface area contributed by atoms with Crippen LogP contribution in [0.3, 0.4) is 0 Å². The number of amides is 1. The van der Waals surface area contributed by atoms with Crippen molar-refractivity contribution in [1.29, 1.82) is 0 Å². The van der Waals surface area contributed by atoms with Crippen molar-refractivity contribution in [1.82, 2.24) is 10.6 Å². The van der Waals surface area contributed by atoms with Crippen molar-refractivity contribution in [3.05, 3.63) is 0 Å². The molecule has 2 fully saturated rings. The van der Waals surface area contributed by atoms with E-state index < -0.39 is 0 Å². The molecule has 92 valence electrons. The Labute approximate surface area is 97.1 Å². The number of hydrogen-bond donors (Lipinski definition) is 2. The second-order valence-corrected chi connectivity index (χ2v) is 5.32. The third-order valence-electron chi connectivity index (χ3n) is 3.40. The number of carbonyl (C=O) groups is 1. The molecule has 0 aromatic rings. The minimum Gasteiger partial charge on any atom is -0.380 e. The van der Waals surface area contributed by atoms with Gasteiger partial charge in [0.05, 0.1) is 13.2 Å². The summed E-state index contributed by atoms with van der Waals surface area (Å²) >= 11 is 0. The van der Waals surface area contributed by atoms with Crippen LogP contribution in [0.1, 0.15) is 32.6 Å². The molecule has 1 unspecified atom stereocenters. The van der Waals surface area contributed by atoms with Crippen molar-refractivity contribution in [3.8, 4) is 0 Å². The highest BCUT2D eigenvalue weighted by atomic mass is 16.5. The second kappa shape index (κ2) is 5.15. The van der Waals surface area contributed by atoms with E-state index in [1.807, 2.05) is 0 Å². The van der Waals surface area contributed by atoms with Crippen LogP contribution in [0.5, 0.6) is 0 Å². The van der Waals surface area contributed by atoms with Crippen LogP contribution in [-0.4, -0.2) is 37.7 Å². The number of carbonyl (C=O) groups excluding carboxylic acids is 1. The smallest absolute Gasteiger partial charge is 0.233 e. The molecule has 2 N–H and O–H groups in total. The Kier molecular flexibility index (Phi) is 3.82. The van der Waals surface area contributed by atoms with E-state index in [4.69, 9.17) is 4.74 Å². The Morgan fingerprint density at radius 2 is 2.31 bits per heavy atom. The summed E-state index contributed by atoms with van der Waals surface area (Å²) in [6.07, 6.45) is 4.72. The third kappa shape index (κ3) is 3.76. The maximum atomic E-state index is 11.5. The maximum absolute atomic E-state index is 11.5. The maximum Gasteiger partial charge on any atom is 0.233 e. The van der Waals surface area contributed by atoms with Crippen molar-refractivity contribution in [2.45, 2.75) is 38.1 Å². The predicted octanol–water partition coefficient (Wildman–Crippen LogP) is 0.671. The van der Waals surface area contributed by atoms with Crippen LogP contribution in [0.15, 0.2) is 0 Å². The summed E-state index contributed by atoms with van der Waals surface area (Å²) in [5.74, 6) is 0.858. The van der Waals surface area contributed by atoms with Crippen LogP contribution < -0.4 is 10.6 Å². The van der Waals surface area contributed by atoms with Crippen molar-refractivity contribution in [2.75, 3.05) is 26.3 Å². The van der Waals surface area contributed by atoms with E-state index in [-0.39, 0.29) is 11.4 Å². The molecule has 1 heterocycles. The van der Waals surface area contributed by atoms with Gasteiger partial charge in [-0.15, -0.1) is 0 Å². The largest absolute Gasteiger partial charge is 0.380 e. The summed E-state index contributed by atoms with van der Waals surface area (Å²) in [6.45, 7) is 4.95. The number of nitrogens with one attached hydrogen (secondary N) is 2. The monoisotopic (exact) mass is 226 g/mol. The van der Waals surface area contributed by atoms with Crippen LogP contribution in [0.25, 0.3) is 0 Å². The summed E-state index contributed by atoms with van der Waals surface area (Å²) < 4.78 is 5.43. The molecule has 2 rings (SSSR count). The highest BCUT2D eigenvalue weighted by molar-refractivity contribution is 5.78. The van der Waals surface area contributed by atoms with Gasteiger partial charge in [-0.25, -0.2) is 0 Å². The SMILES string of the molecule is CC1(NCC(=O)NCC2CC2)CCCOC1. The number of rotatable bonds is 5. The van der Waals surface area contributed by atoms with Crippen molar-refractivity contribution >= 4 is 5.91 Å². The Morgan fingerprint density at radius 1 is 1.50 bits per heavy atom. The first-order valence-corrected chi connectivity index (χ1v) is 6.27. The average molecular weight is 226 g/mol. The minimum atomic E-state index is -0.0187. The Bertz CT molecular complexity index is 245. The van der Waals surface area contributed by atoms with E-state index in [1.165, 1.54) is 12.8 Å². The highest BCUT2D eigenvalue weighted by Crippen LogP contribution is 2.27. The quantitative estimate of drug-likeness (QED) is 0.724. The zero-order valence-corrected chi connectivity index (χ0v) is 10.1. The van der Waals surface area contributed by atoms with Gasteiger partial charge in [0, 0.05) is 18.7 Å². The molecule has 1 aliphatic heterocycles.